The Morgan fingerprint density at radius 3 is 2.72 bits per heavy atom. The average molecular weight is 346 g/mol. The number of aliphatic hydroxyl groups excluding tert-OH is 1. The molecule has 136 valence electrons. The lowest BCUT2D eigenvalue weighted by Gasteiger charge is -2.30. The molecule has 0 unspecified atom stereocenters. The maximum atomic E-state index is 9.77. The van der Waals surface area contributed by atoms with Gasteiger partial charge in [-0.25, -0.2) is 0 Å². The van der Waals surface area contributed by atoms with Crippen molar-refractivity contribution in [3.63, 3.8) is 0 Å². The summed E-state index contributed by atoms with van der Waals surface area (Å²) in [5, 5.41) is 16.7. The van der Waals surface area contributed by atoms with Crippen molar-refractivity contribution in [1.29, 1.82) is 0 Å². The molecule has 4 heterocycles. The van der Waals surface area contributed by atoms with Gasteiger partial charge in [-0.1, -0.05) is 0 Å². The number of hydrogen-bond acceptors (Lipinski definition) is 6. The van der Waals surface area contributed by atoms with Crippen LogP contribution in [0.2, 0.25) is 0 Å². The van der Waals surface area contributed by atoms with Crippen molar-refractivity contribution >= 4 is 0 Å². The first-order chi connectivity index (χ1) is 12.3. The van der Waals surface area contributed by atoms with Crippen molar-refractivity contribution in [1.82, 2.24) is 20.0 Å². The molecule has 2 aliphatic rings. The van der Waals surface area contributed by atoms with Crippen LogP contribution in [0.5, 0.6) is 0 Å². The Labute approximate surface area is 147 Å². The minimum atomic E-state index is 0.253. The lowest BCUT2D eigenvalue weighted by atomic mass is 9.96. The minimum Gasteiger partial charge on any atom is -0.458 e. The van der Waals surface area contributed by atoms with Crippen molar-refractivity contribution in [2.45, 2.75) is 6.54 Å². The number of morpholine rings is 1. The first kappa shape index (κ1) is 16.8. The highest BCUT2D eigenvalue weighted by molar-refractivity contribution is 5.51. The quantitative estimate of drug-likeness (QED) is 0.814. The van der Waals surface area contributed by atoms with Crippen LogP contribution in [-0.4, -0.2) is 77.6 Å². The summed E-state index contributed by atoms with van der Waals surface area (Å²) in [5.74, 6) is 2.61. The summed E-state index contributed by atoms with van der Waals surface area (Å²) in [6, 6.07) is 5.91. The van der Waals surface area contributed by atoms with Crippen LogP contribution >= 0.6 is 0 Å². The largest absolute Gasteiger partial charge is 0.458 e. The Hall–Kier alpha value is -1.67. The first-order valence-corrected chi connectivity index (χ1v) is 9.03. The zero-order chi connectivity index (χ0) is 17.1. The number of ether oxygens (including phenoxy) is 1. The molecule has 0 radical (unpaired) electrons. The Kier molecular flexibility index (Phi) is 5.17. The number of aliphatic hydroxyl groups is 1. The lowest BCUT2D eigenvalue weighted by Crippen LogP contribution is -2.41. The highest BCUT2D eigenvalue weighted by Crippen LogP contribution is 2.27. The van der Waals surface area contributed by atoms with Gasteiger partial charge in [0.15, 0.2) is 5.76 Å². The molecule has 0 aliphatic carbocycles. The number of nitrogens with one attached hydrogen (secondary N) is 1. The summed E-state index contributed by atoms with van der Waals surface area (Å²) in [4.78, 5) is 4.85. The van der Waals surface area contributed by atoms with E-state index in [4.69, 9.17) is 9.15 Å². The highest BCUT2D eigenvalue weighted by Gasteiger charge is 2.34. The standard InChI is InChI=1S/C18H26N4O3/c23-13-15-11-22(10-14(15)9-21-5-7-24-8-6-21)12-16-1-2-18(25-16)17-3-4-19-20-17/h1-4,14-15,23H,5-13H2,(H,19,20)/t14-,15-/m0/s1. The second kappa shape index (κ2) is 7.70. The maximum Gasteiger partial charge on any atom is 0.152 e. The van der Waals surface area contributed by atoms with Crippen molar-refractivity contribution < 1.29 is 14.3 Å². The molecule has 25 heavy (non-hydrogen) atoms. The van der Waals surface area contributed by atoms with E-state index >= 15 is 0 Å². The fourth-order valence-electron chi connectivity index (χ4n) is 3.92. The van der Waals surface area contributed by atoms with Crippen molar-refractivity contribution in [2.24, 2.45) is 11.8 Å². The fourth-order valence-corrected chi connectivity index (χ4v) is 3.92. The summed E-state index contributed by atoms with van der Waals surface area (Å²) < 4.78 is 11.4. The second-order valence-corrected chi connectivity index (χ2v) is 7.05. The van der Waals surface area contributed by atoms with E-state index in [1.165, 1.54) is 0 Å². The smallest absolute Gasteiger partial charge is 0.152 e. The molecule has 2 aromatic heterocycles. The van der Waals surface area contributed by atoms with Crippen LogP contribution in [0, 0.1) is 11.8 Å². The van der Waals surface area contributed by atoms with Crippen molar-refractivity contribution in [2.75, 3.05) is 52.5 Å². The van der Waals surface area contributed by atoms with Crippen molar-refractivity contribution in [3.8, 4) is 11.5 Å². The van der Waals surface area contributed by atoms with Gasteiger partial charge in [0.2, 0.25) is 0 Å². The molecule has 7 heteroatoms. The summed E-state index contributed by atoms with van der Waals surface area (Å²) in [5.41, 5.74) is 0.895. The van der Waals surface area contributed by atoms with Crippen LogP contribution in [0.25, 0.3) is 11.5 Å². The summed E-state index contributed by atoms with van der Waals surface area (Å²) >= 11 is 0. The molecule has 2 saturated heterocycles. The number of likely N-dealkylation sites (tertiary alicyclic amines) is 1. The summed E-state index contributed by atoms with van der Waals surface area (Å²) in [7, 11) is 0. The molecule has 2 aliphatic heterocycles. The molecule has 2 atom stereocenters. The SMILES string of the molecule is OC[C@@H]1CN(Cc2ccc(-c3ccn[nH]3)o2)C[C@@H]1CN1CCOCC1. The Bertz CT molecular complexity index is 651. The van der Waals surface area contributed by atoms with E-state index in [1.54, 1.807) is 6.20 Å². The third kappa shape index (κ3) is 3.95. The lowest BCUT2D eigenvalue weighted by molar-refractivity contribution is 0.0264. The fraction of sp³-hybridized carbons (Fsp3) is 0.611. The van der Waals surface area contributed by atoms with E-state index < -0.39 is 0 Å². The number of aromatic amines is 1. The number of hydrogen-bond donors (Lipinski definition) is 2. The van der Waals surface area contributed by atoms with E-state index in [-0.39, 0.29) is 6.61 Å². The number of nitrogens with zero attached hydrogens (tertiary/aromatic N) is 3. The molecule has 7 nitrogen and oxygen atoms in total. The molecule has 2 fully saturated rings. The molecule has 0 saturated carbocycles. The van der Waals surface area contributed by atoms with Crippen LogP contribution in [0.15, 0.2) is 28.8 Å². The van der Waals surface area contributed by atoms with Crippen LogP contribution in [0.3, 0.4) is 0 Å². The zero-order valence-corrected chi connectivity index (χ0v) is 14.4. The number of furan rings is 1. The van der Waals surface area contributed by atoms with Gasteiger partial charge in [0.25, 0.3) is 0 Å². The van der Waals surface area contributed by atoms with Gasteiger partial charge >= 0.3 is 0 Å². The molecular formula is C18H26N4O3. The summed E-state index contributed by atoms with van der Waals surface area (Å²) in [6.45, 7) is 7.65. The Morgan fingerprint density at radius 1 is 1.12 bits per heavy atom. The predicted octanol–water partition coefficient (Wildman–Crippen LogP) is 1.04. The monoisotopic (exact) mass is 346 g/mol. The number of rotatable bonds is 6. The molecule has 4 rings (SSSR count). The minimum absolute atomic E-state index is 0.253. The van der Waals surface area contributed by atoms with Gasteiger partial charge in [-0.15, -0.1) is 0 Å². The van der Waals surface area contributed by atoms with Gasteiger partial charge in [0.1, 0.15) is 11.5 Å². The third-order valence-electron chi connectivity index (χ3n) is 5.29. The van der Waals surface area contributed by atoms with E-state index in [2.05, 4.69) is 20.0 Å². The van der Waals surface area contributed by atoms with Gasteiger partial charge in [-0.3, -0.25) is 14.9 Å². The molecule has 0 spiro atoms. The van der Waals surface area contributed by atoms with E-state index in [0.29, 0.717) is 11.8 Å². The molecule has 0 bridgehead atoms. The van der Waals surface area contributed by atoms with Gasteiger partial charge in [-0.05, 0) is 30.0 Å². The van der Waals surface area contributed by atoms with Crippen LogP contribution in [-0.2, 0) is 11.3 Å². The summed E-state index contributed by atoms with van der Waals surface area (Å²) in [6.07, 6.45) is 1.72. The molecular weight excluding hydrogens is 320 g/mol. The van der Waals surface area contributed by atoms with Gasteiger partial charge in [0, 0.05) is 45.5 Å². The predicted molar refractivity (Wildman–Crippen MR) is 92.9 cm³/mol. The van der Waals surface area contributed by atoms with E-state index in [9.17, 15) is 5.11 Å². The zero-order valence-electron chi connectivity index (χ0n) is 14.4. The Balaban J connectivity index is 1.35. The Morgan fingerprint density at radius 2 is 1.96 bits per heavy atom. The van der Waals surface area contributed by atoms with Crippen molar-refractivity contribution in [3.05, 3.63) is 30.2 Å². The topological polar surface area (TPSA) is 77.8 Å². The average Bonchev–Trinajstić information content (AvgIpc) is 3.36. The normalized spacial score (nSPS) is 25.6. The molecule has 0 aromatic carbocycles. The van der Waals surface area contributed by atoms with Gasteiger partial charge in [-0.2, -0.15) is 5.10 Å². The first-order valence-electron chi connectivity index (χ1n) is 9.03. The van der Waals surface area contributed by atoms with Gasteiger partial charge in [0.05, 0.1) is 19.8 Å². The van der Waals surface area contributed by atoms with Crippen LogP contribution < -0.4 is 0 Å². The number of H-pyrrole nitrogens is 1. The molecule has 0 amide bonds. The molecule has 2 N–H and O–H groups in total. The van der Waals surface area contributed by atoms with Crippen LogP contribution in [0.1, 0.15) is 5.76 Å². The van der Waals surface area contributed by atoms with Gasteiger partial charge < -0.3 is 14.3 Å². The van der Waals surface area contributed by atoms with E-state index in [0.717, 1.165) is 69.7 Å². The number of aromatic nitrogens is 2. The second-order valence-electron chi connectivity index (χ2n) is 7.05. The highest BCUT2D eigenvalue weighted by atomic mass is 16.5. The van der Waals surface area contributed by atoms with E-state index in [1.807, 2.05) is 18.2 Å². The third-order valence-corrected chi connectivity index (χ3v) is 5.29. The maximum absolute atomic E-state index is 9.77. The van der Waals surface area contributed by atoms with Crippen LogP contribution in [0.4, 0.5) is 0 Å². The molecule has 2 aromatic rings.